The molecule has 140 valence electrons. The van der Waals surface area contributed by atoms with Crippen LogP contribution in [-0.2, 0) is 23.1 Å². The van der Waals surface area contributed by atoms with E-state index in [0.717, 1.165) is 15.6 Å². The summed E-state index contributed by atoms with van der Waals surface area (Å²) >= 11 is 3.41. The molecule has 1 N–H and O–H groups in total. The second-order valence-corrected chi connectivity index (χ2v) is 10.3. The Hall–Kier alpha value is -1.66. The summed E-state index contributed by atoms with van der Waals surface area (Å²) in [7, 11) is 0.786. The van der Waals surface area contributed by atoms with Crippen molar-refractivity contribution in [3.8, 4) is 0 Å². The second-order valence-electron chi connectivity index (χ2n) is 7.22. The topological polar surface area (TPSA) is 49.4 Å². The molecule has 0 radical (unpaired) electrons. The minimum absolute atomic E-state index is 0.179. The van der Waals surface area contributed by atoms with Gasteiger partial charge >= 0.3 is 6.03 Å². The number of carbonyl (C=O) groups is 1. The lowest BCUT2D eigenvalue weighted by Gasteiger charge is -2.19. The van der Waals surface area contributed by atoms with E-state index < -0.39 is 10.8 Å². The molecule has 0 fully saturated rings. The Morgan fingerprint density at radius 1 is 1.12 bits per heavy atom. The van der Waals surface area contributed by atoms with Crippen LogP contribution in [0, 0.1) is 0 Å². The third-order valence-corrected chi connectivity index (χ3v) is 6.33. The number of benzene rings is 2. The first-order valence-electron chi connectivity index (χ1n) is 8.39. The summed E-state index contributed by atoms with van der Waals surface area (Å²) in [6.07, 6.45) is 0. The molecule has 1 unspecified atom stereocenters. The summed E-state index contributed by atoms with van der Waals surface area (Å²) in [6.45, 7) is 6.41. The van der Waals surface area contributed by atoms with Crippen LogP contribution in [0.5, 0.6) is 0 Å². The zero-order valence-electron chi connectivity index (χ0n) is 15.6. The number of hydrogen-bond donors (Lipinski definition) is 1. The first-order valence-corrected chi connectivity index (χ1v) is 10.5. The summed E-state index contributed by atoms with van der Waals surface area (Å²) in [6, 6.07) is 15.2. The normalized spacial score (nSPS) is 12.5. The fourth-order valence-corrected chi connectivity index (χ4v) is 3.44. The number of carbonyl (C=O) groups excluding carboxylic acids is 1. The van der Waals surface area contributed by atoms with Crippen molar-refractivity contribution in [2.45, 2.75) is 37.8 Å². The molecule has 6 heteroatoms. The van der Waals surface area contributed by atoms with E-state index in [1.165, 1.54) is 0 Å². The fourth-order valence-electron chi connectivity index (χ4n) is 2.26. The predicted octanol–water partition coefficient (Wildman–Crippen LogP) is 5.16. The van der Waals surface area contributed by atoms with Crippen LogP contribution in [0.1, 0.15) is 31.9 Å². The molecule has 0 spiro atoms. The van der Waals surface area contributed by atoms with Crippen LogP contribution in [0.25, 0.3) is 0 Å². The van der Waals surface area contributed by atoms with E-state index in [9.17, 15) is 9.00 Å². The van der Waals surface area contributed by atoms with Crippen LogP contribution >= 0.6 is 15.9 Å². The monoisotopic (exact) mass is 436 g/mol. The van der Waals surface area contributed by atoms with Crippen LogP contribution in [0.4, 0.5) is 10.5 Å². The Balaban J connectivity index is 1.99. The van der Waals surface area contributed by atoms with E-state index in [1.807, 2.05) is 69.3 Å². The van der Waals surface area contributed by atoms with Gasteiger partial charge in [0.1, 0.15) is 0 Å². The first kappa shape index (κ1) is 20.6. The van der Waals surface area contributed by atoms with Gasteiger partial charge in [-0.05, 0) is 56.2 Å². The summed E-state index contributed by atoms with van der Waals surface area (Å²) in [5.41, 5.74) is 2.72. The summed E-state index contributed by atoms with van der Waals surface area (Å²) in [4.78, 5) is 14.1. The Bertz CT molecular complexity index is 785. The highest BCUT2D eigenvalue weighted by atomic mass is 79.9. The van der Waals surface area contributed by atoms with Crippen LogP contribution in [-0.4, -0.2) is 26.9 Å². The van der Waals surface area contributed by atoms with Crippen molar-refractivity contribution in [2.75, 3.05) is 12.4 Å². The highest BCUT2D eigenvalue weighted by Crippen LogP contribution is 2.19. The molecule has 2 amide bonds. The molecule has 4 nitrogen and oxygen atoms in total. The maximum absolute atomic E-state index is 12.4. The number of halogens is 1. The van der Waals surface area contributed by atoms with Crippen LogP contribution in [0.2, 0.25) is 0 Å². The van der Waals surface area contributed by atoms with E-state index in [0.29, 0.717) is 18.0 Å². The van der Waals surface area contributed by atoms with Crippen molar-refractivity contribution in [2.24, 2.45) is 0 Å². The van der Waals surface area contributed by atoms with Gasteiger partial charge < -0.3 is 10.2 Å². The molecular formula is C20H25BrN2O2S. The van der Waals surface area contributed by atoms with Crippen LogP contribution < -0.4 is 5.32 Å². The van der Waals surface area contributed by atoms with E-state index >= 15 is 0 Å². The van der Waals surface area contributed by atoms with Crippen molar-refractivity contribution < 1.29 is 9.00 Å². The van der Waals surface area contributed by atoms with E-state index in [-0.39, 0.29) is 10.8 Å². The average Bonchev–Trinajstić information content (AvgIpc) is 2.56. The van der Waals surface area contributed by atoms with Crippen LogP contribution in [0.15, 0.2) is 53.0 Å². The molecule has 26 heavy (non-hydrogen) atoms. The molecule has 0 aromatic heterocycles. The third kappa shape index (κ3) is 6.25. The Kier molecular flexibility index (Phi) is 7.01. The van der Waals surface area contributed by atoms with E-state index in [4.69, 9.17) is 0 Å². The smallest absolute Gasteiger partial charge is 0.321 e. The zero-order chi connectivity index (χ0) is 19.3. The van der Waals surface area contributed by atoms with Crippen molar-refractivity contribution >= 4 is 38.4 Å². The second kappa shape index (κ2) is 8.82. The Morgan fingerprint density at radius 3 is 2.38 bits per heavy atom. The highest BCUT2D eigenvalue weighted by Gasteiger charge is 2.19. The lowest BCUT2D eigenvalue weighted by Crippen LogP contribution is -2.30. The molecule has 2 aromatic carbocycles. The largest absolute Gasteiger partial charge is 0.323 e. The average molecular weight is 437 g/mol. The van der Waals surface area contributed by atoms with Crippen molar-refractivity contribution in [3.63, 3.8) is 0 Å². The zero-order valence-corrected chi connectivity index (χ0v) is 18.0. The molecule has 2 rings (SSSR count). The van der Waals surface area contributed by atoms with Crippen LogP contribution in [0.3, 0.4) is 0 Å². The third-order valence-electron chi connectivity index (χ3n) is 3.84. The maximum atomic E-state index is 12.4. The van der Waals surface area contributed by atoms with Gasteiger partial charge in [-0.15, -0.1) is 0 Å². The lowest BCUT2D eigenvalue weighted by atomic mass is 10.2. The van der Waals surface area contributed by atoms with Gasteiger partial charge in [-0.2, -0.15) is 0 Å². The maximum Gasteiger partial charge on any atom is 0.321 e. The quantitative estimate of drug-likeness (QED) is 0.703. The minimum atomic E-state index is -0.974. The van der Waals surface area contributed by atoms with Gasteiger partial charge in [0.2, 0.25) is 0 Å². The fraction of sp³-hybridized carbons (Fsp3) is 0.350. The van der Waals surface area contributed by atoms with E-state index in [1.54, 1.807) is 11.9 Å². The van der Waals surface area contributed by atoms with Crippen molar-refractivity contribution in [3.05, 3.63) is 64.1 Å². The number of nitrogens with one attached hydrogen (secondary N) is 1. The minimum Gasteiger partial charge on any atom is -0.323 e. The molecule has 1 atom stereocenters. The van der Waals surface area contributed by atoms with Gasteiger partial charge in [0.15, 0.2) is 0 Å². The van der Waals surface area contributed by atoms with Gasteiger partial charge in [0.25, 0.3) is 0 Å². The number of anilines is 1. The molecule has 0 aliphatic carbocycles. The van der Waals surface area contributed by atoms with Crippen molar-refractivity contribution in [1.29, 1.82) is 0 Å². The molecule has 0 saturated heterocycles. The summed E-state index contributed by atoms with van der Waals surface area (Å²) < 4.78 is 13.1. The van der Waals surface area contributed by atoms with Gasteiger partial charge in [0.05, 0.1) is 0 Å². The molecular weight excluding hydrogens is 412 g/mol. The summed E-state index contributed by atoms with van der Waals surface area (Å²) in [5, 5.41) is 2.90. The molecule has 0 aliphatic rings. The summed E-state index contributed by atoms with van der Waals surface area (Å²) in [5.74, 6) is 0.474. The van der Waals surface area contributed by atoms with Crippen molar-refractivity contribution in [1.82, 2.24) is 4.90 Å². The number of urea groups is 1. The molecule has 0 bridgehead atoms. The number of nitrogens with zero attached hydrogens (tertiary/aromatic N) is 1. The standard InChI is InChI=1S/C20H25BrN2O2S/c1-20(2,3)26(25)14-16-6-5-7-18(12-16)22-19(24)23(4)13-15-8-10-17(21)11-9-15/h5-12H,13-14H2,1-4H3,(H,22,24). The first-order chi connectivity index (χ1) is 12.1. The number of rotatable bonds is 5. The van der Waals surface area contributed by atoms with Gasteiger partial charge in [-0.1, -0.05) is 40.2 Å². The van der Waals surface area contributed by atoms with Gasteiger partial charge in [-0.3, -0.25) is 4.21 Å². The molecule has 0 aliphatic heterocycles. The number of amides is 2. The molecule has 0 saturated carbocycles. The molecule has 0 heterocycles. The van der Waals surface area contributed by atoms with Gasteiger partial charge in [-0.25, -0.2) is 4.79 Å². The Labute approximate surface area is 166 Å². The SMILES string of the molecule is CN(Cc1ccc(Br)cc1)C(=O)Nc1cccc(CS(=O)C(C)(C)C)c1. The predicted molar refractivity (Wildman–Crippen MR) is 113 cm³/mol. The van der Waals surface area contributed by atoms with Gasteiger partial charge in [0, 0.05) is 45.1 Å². The molecule has 2 aromatic rings. The highest BCUT2D eigenvalue weighted by molar-refractivity contribution is 9.10. The Morgan fingerprint density at radius 2 is 1.77 bits per heavy atom. The number of hydrogen-bond acceptors (Lipinski definition) is 2. The lowest BCUT2D eigenvalue weighted by molar-refractivity contribution is 0.220. The van der Waals surface area contributed by atoms with E-state index in [2.05, 4.69) is 21.2 Å².